The molecule has 1 aliphatic rings. The monoisotopic (exact) mass is 386 g/mol. The van der Waals surface area contributed by atoms with Crippen molar-refractivity contribution in [3.8, 4) is 5.75 Å². The van der Waals surface area contributed by atoms with Gasteiger partial charge in [-0.25, -0.2) is 9.59 Å². The number of halogens is 1. The number of methoxy groups -OCH3 is 1. The number of hydrogen-bond acceptors (Lipinski definition) is 6. The van der Waals surface area contributed by atoms with E-state index >= 15 is 0 Å². The lowest BCUT2D eigenvalue weighted by atomic mass is 9.83. The highest BCUT2D eigenvalue weighted by molar-refractivity contribution is 6.30. The molecule has 0 bridgehead atoms. The zero-order valence-corrected chi connectivity index (χ0v) is 15.0. The van der Waals surface area contributed by atoms with Crippen LogP contribution in [0.15, 0.2) is 57.7 Å². The van der Waals surface area contributed by atoms with Gasteiger partial charge in [0.1, 0.15) is 11.3 Å². The largest absolute Gasteiger partial charge is 0.464 e. The highest BCUT2D eigenvalue weighted by Crippen LogP contribution is 2.45. The van der Waals surface area contributed by atoms with Gasteiger partial charge in [-0.05, 0) is 29.8 Å². The Bertz CT molecular complexity index is 1090. The Morgan fingerprint density at radius 1 is 1.22 bits per heavy atom. The number of rotatable bonds is 2. The zero-order valence-electron chi connectivity index (χ0n) is 14.3. The van der Waals surface area contributed by atoms with Gasteiger partial charge in [0, 0.05) is 17.4 Å². The first-order valence-corrected chi connectivity index (χ1v) is 8.62. The molecule has 4 rings (SSSR count). The van der Waals surface area contributed by atoms with Crippen LogP contribution < -0.4 is 10.4 Å². The molecule has 1 N–H and O–H groups in total. The zero-order chi connectivity index (χ0) is 19.2. The molecule has 2 atom stereocenters. The van der Waals surface area contributed by atoms with Crippen LogP contribution in [0, 0.1) is 0 Å². The topological polar surface area (TPSA) is 86.0 Å². The highest BCUT2D eigenvalue weighted by atomic mass is 35.5. The molecule has 0 fully saturated rings. The van der Waals surface area contributed by atoms with Crippen molar-refractivity contribution in [2.75, 3.05) is 7.11 Å². The normalized spacial score (nSPS) is 21.4. The molecule has 2 heterocycles. The van der Waals surface area contributed by atoms with Crippen LogP contribution in [0.5, 0.6) is 5.75 Å². The second kappa shape index (κ2) is 6.40. The minimum absolute atomic E-state index is 0.112. The predicted molar refractivity (Wildman–Crippen MR) is 98.0 cm³/mol. The minimum Gasteiger partial charge on any atom is -0.464 e. The number of aliphatic hydroxyl groups is 1. The fraction of sp³-hybridized carbons (Fsp3) is 0.200. The summed E-state index contributed by atoms with van der Waals surface area (Å²) in [6.45, 7) is 0. The number of esters is 1. The standard InChI is InChI=1S/C20H15ClO6/c1-25-19(23)20(24)10-14(11-6-8-12(21)9-7-11)16-17(27-20)13-4-2-3-5-15(13)26-18(16)22/h2-9,14,24H,10H2,1H3/t14-,20-/m1/s1. The summed E-state index contributed by atoms with van der Waals surface area (Å²) in [5, 5.41) is 11.9. The molecule has 1 aliphatic heterocycles. The van der Waals surface area contributed by atoms with E-state index in [1.165, 1.54) is 0 Å². The third-order valence-corrected chi connectivity index (χ3v) is 4.93. The summed E-state index contributed by atoms with van der Waals surface area (Å²) in [5.74, 6) is -3.70. The van der Waals surface area contributed by atoms with Gasteiger partial charge >= 0.3 is 17.4 Å². The van der Waals surface area contributed by atoms with Crippen LogP contribution in [0.4, 0.5) is 0 Å². The van der Waals surface area contributed by atoms with Crippen molar-refractivity contribution in [3.63, 3.8) is 0 Å². The van der Waals surface area contributed by atoms with E-state index in [0.717, 1.165) is 7.11 Å². The fourth-order valence-electron chi connectivity index (χ4n) is 3.40. The Hall–Kier alpha value is -2.83. The lowest BCUT2D eigenvalue weighted by Gasteiger charge is -2.36. The molecule has 7 heteroatoms. The molecule has 0 spiro atoms. The molecule has 3 aromatic rings. The maximum absolute atomic E-state index is 12.7. The molecular formula is C20H15ClO6. The van der Waals surface area contributed by atoms with Crippen LogP contribution in [0.3, 0.4) is 0 Å². The maximum atomic E-state index is 12.7. The minimum atomic E-state index is -2.23. The van der Waals surface area contributed by atoms with Crippen molar-refractivity contribution < 1.29 is 23.8 Å². The molecule has 0 radical (unpaired) electrons. The molecule has 138 valence electrons. The van der Waals surface area contributed by atoms with Crippen molar-refractivity contribution >= 4 is 28.5 Å². The lowest BCUT2D eigenvalue weighted by Crippen LogP contribution is -2.50. The van der Waals surface area contributed by atoms with Crippen LogP contribution in [-0.2, 0) is 9.53 Å². The summed E-state index contributed by atoms with van der Waals surface area (Å²) < 4.78 is 15.8. The Labute approximate surface area is 158 Å². The first-order valence-electron chi connectivity index (χ1n) is 8.24. The molecule has 0 unspecified atom stereocenters. The van der Waals surface area contributed by atoms with E-state index in [4.69, 9.17) is 25.5 Å². The van der Waals surface area contributed by atoms with Gasteiger partial charge in [-0.15, -0.1) is 0 Å². The Balaban J connectivity index is 2.00. The SMILES string of the molecule is COC(=O)[C@@]1(O)C[C@H](c2ccc(Cl)cc2)c2c(c3ccccc3oc2=O)O1. The lowest BCUT2D eigenvalue weighted by molar-refractivity contribution is -0.202. The maximum Gasteiger partial charge on any atom is 0.379 e. The van der Waals surface area contributed by atoms with Gasteiger partial charge in [0.25, 0.3) is 0 Å². The molecule has 1 aromatic heterocycles. The molecule has 0 saturated heterocycles. The molecule has 6 nitrogen and oxygen atoms in total. The Morgan fingerprint density at radius 3 is 2.63 bits per heavy atom. The van der Waals surface area contributed by atoms with E-state index in [-0.39, 0.29) is 17.7 Å². The van der Waals surface area contributed by atoms with Gasteiger partial charge in [0.05, 0.1) is 18.1 Å². The highest BCUT2D eigenvalue weighted by Gasteiger charge is 2.49. The molecule has 27 heavy (non-hydrogen) atoms. The van der Waals surface area contributed by atoms with Crippen LogP contribution in [0.1, 0.15) is 23.5 Å². The van der Waals surface area contributed by atoms with E-state index in [9.17, 15) is 14.7 Å². The summed E-state index contributed by atoms with van der Waals surface area (Å²) in [6, 6.07) is 13.6. The van der Waals surface area contributed by atoms with E-state index < -0.39 is 23.3 Å². The Kier molecular flexibility index (Phi) is 4.17. The first kappa shape index (κ1) is 17.6. The molecular weight excluding hydrogens is 372 g/mol. The number of fused-ring (bicyclic) bond motifs is 3. The van der Waals surface area contributed by atoms with Crippen LogP contribution in [0.2, 0.25) is 5.02 Å². The van der Waals surface area contributed by atoms with Gasteiger partial charge in [0.15, 0.2) is 0 Å². The molecule has 2 aromatic carbocycles. The number of carbonyl (C=O) groups is 1. The summed E-state index contributed by atoms with van der Waals surface area (Å²) in [7, 11) is 1.16. The summed E-state index contributed by atoms with van der Waals surface area (Å²) in [5.41, 5.74) is 0.638. The third kappa shape index (κ3) is 2.87. The second-order valence-corrected chi connectivity index (χ2v) is 6.75. The number of hydrogen-bond donors (Lipinski definition) is 1. The van der Waals surface area contributed by atoms with E-state index in [1.54, 1.807) is 48.5 Å². The van der Waals surface area contributed by atoms with Crippen molar-refractivity contribution in [3.05, 3.63) is 75.1 Å². The van der Waals surface area contributed by atoms with Crippen molar-refractivity contribution in [1.29, 1.82) is 0 Å². The number of para-hydroxylation sites is 1. The van der Waals surface area contributed by atoms with Crippen LogP contribution >= 0.6 is 11.6 Å². The molecule has 0 aliphatic carbocycles. The van der Waals surface area contributed by atoms with E-state index in [1.807, 2.05) is 0 Å². The van der Waals surface area contributed by atoms with Crippen molar-refractivity contribution in [2.45, 2.75) is 18.1 Å². The number of ether oxygens (including phenoxy) is 2. The van der Waals surface area contributed by atoms with Gasteiger partial charge in [0.2, 0.25) is 0 Å². The van der Waals surface area contributed by atoms with Crippen LogP contribution in [0.25, 0.3) is 11.0 Å². The van der Waals surface area contributed by atoms with E-state index in [0.29, 0.717) is 21.6 Å². The fourth-order valence-corrected chi connectivity index (χ4v) is 3.53. The average molecular weight is 387 g/mol. The Morgan fingerprint density at radius 2 is 1.93 bits per heavy atom. The summed E-state index contributed by atoms with van der Waals surface area (Å²) in [6.07, 6.45) is -0.197. The quantitative estimate of drug-likeness (QED) is 0.537. The molecule has 0 saturated carbocycles. The van der Waals surface area contributed by atoms with Gasteiger partial charge < -0.3 is 19.0 Å². The van der Waals surface area contributed by atoms with Gasteiger partial charge in [-0.3, -0.25) is 0 Å². The second-order valence-electron chi connectivity index (χ2n) is 6.31. The summed E-state index contributed by atoms with van der Waals surface area (Å²) in [4.78, 5) is 24.9. The summed E-state index contributed by atoms with van der Waals surface area (Å²) >= 11 is 5.96. The van der Waals surface area contributed by atoms with Gasteiger partial charge in [-0.1, -0.05) is 35.9 Å². The predicted octanol–water partition coefficient (Wildman–Crippen LogP) is 3.22. The number of carbonyl (C=O) groups excluding carboxylic acids is 1. The van der Waals surface area contributed by atoms with Crippen molar-refractivity contribution in [1.82, 2.24) is 0 Å². The first-order chi connectivity index (χ1) is 12.9. The van der Waals surface area contributed by atoms with Gasteiger partial charge in [-0.2, -0.15) is 0 Å². The average Bonchev–Trinajstić information content (AvgIpc) is 2.67. The van der Waals surface area contributed by atoms with Crippen LogP contribution in [-0.4, -0.2) is 24.0 Å². The third-order valence-electron chi connectivity index (χ3n) is 4.68. The van der Waals surface area contributed by atoms with E-state index in [2.05, 4.69) is 0 Å². The smallest absolute Gasteiger partial charge is 0.379 e. The molecule has 0 amide bonds. The number of benzene rings is 2. The van der Waals surface area contributed by atoms with Crippen molar-refractivity contribution in [2.24, 2.45) is 0 Å².